The highest BCUT2D eigenvalue weighted by molar-refractivity contribution is 7.91. The predicted molar refractivity (Wildman–Crippen MR) is 64.9 cm³/mol. The minimum absolute atomic E-state index is 0.0102. The maximum Gasteiger partial charge on any atom is 0.320 e. The van der Waals surface area contributed by atoms with E-state index in [0.29, 0.717) is 6.42 Å². The summed E-state index contributed by atoms with van der Waals surface area (Å²) in [5.41, 5.74) is 0. The van der Waals surface area contributed by atoms with Gasteiger partial charge in [-0.3, -0.25) is 14.9 Å². The van der Waals surface area contributed by atoms with Crippen LogP contribution in [-0.4, -0.2) is 67.5 Å². The molecular formula is C10H18N2O5S. The molecule has 1 aliphatic heterocycles. The molecule has 18 heavy (non-hydrogen) atoms. The monoisotopic (exact) mass is 278 g/mol. The summed E-state index contributed by atoms with van der Waals surface area (Å²) < 4.78 is 22.6. The lowest BCUT2D eigenvalue weighted by atomic mass is 10.2. The van der Waals surface area contributed by atoms with Gasteiger partial charge in [-0.2, -0.15) is 0 Å². The number of hydrogen-bond acceptors (Lipinski definition) is 5. The van der Waals surface area contributed by atoms with Gasteiger partial charge in [-0.1, -0.05) is 0 Å². The first-order valence-electron chi connectivity index (χ1n) is 5.65. The van der Waals surface area contributed by atoms with Crippen LogP contribution in [0.2, 0.25) is 0 Å². The summed E-state index contributed by atoms with van der Waals surface area (Å²) in [5.74, 6) is -1.24. The van der Waals surface area contributed by atoms with Crippen LogP contribution in [0.3, 0.4) is 0 Å². The van der Waals surface area contributed by atoms with Gasteiger partial charge in [0.05, 0.1) is 18.1 Å². The van der Waals surface area contributed by atoms with Gasteiger partial charge in [0.2, 0.25) is 5.91 Å². The van der Waals surface area contributed by atoms with Crippen molar-refractivity contribution in [3.05, 3.63) is 0 Å². The molecule has 7 nitrogen and oxygen atoms in total. The van der Waals surface area contributed by atoms with Gasteiger partial charge >= 0.3 is 5.97 Å². The van der Waals surface area contributed by atoms with Gasteiger partial charge in [-0.15, -0.1) is 0 Å². The van der Waals surface area contributed by atoms with Gasteiger partial charge < -0.3 is 10.0 Å². The third-order valence-electron chi connectivity index (χ3n) is 3.08. The van der Waals surface area contributed by atoms with Crippen LogP contribution in [0.15, 0.2) is 0 Å². The van der Waals surface area contributed by atoms with E-state index in [1.165, 1.54) is 11.8 Å². The van der Waals surface area contributed by atoms with E-state index in [1.807, 2.05) is 0 Å². The van der Waals surface area contributed by atoms with Crippen molar-refractivity contribution in [1.82, 2.24) is 10.2 Å². The number of carbonyl (C=O) groups excluding carboxylic acids is 1. The smallest absolute Gasteiger partial charge is 0.320 e. The van der Waals surface area contributed by atoms with Gasteiger partial charge in [0.15, 0.2) is 9.84 Å². The van der Waals surface area contributed by atoms with Crippen molar-refractivity contribution in [2.75, 3.05) is 25.1 Å². The van der Waals surface area contributed by atoms with E-state index in [2.05, 4.69) is 5.32 Å². The van der Waals surface area contributed by atoms with Gasteiger partial charge in [-0.05, 0) is 13.3 Å². The van der Waals surface area contributed by atoms with E-state index in [9.17, 15) is 18.0 Å². The van der Waals surface area contributed by atoms with Crippen molar-refractivity contribution in [3.8, 4) is 0 Å². The highest BCUT2D eigenvalue weighted by Gasteiger charge is 2.32. The molecule has 8 heteroatoms. The summed E-state index contributed by atoms with van der Waals surface area (Å²) in [5, 5.41) is 11.2. The number of amides is 1. The van der Waals surface area contributed by atoms with E-state index >= 15 is 0 Å². The molecule has 0 aliphatic carbocycles. The van der Waals surface area contributed by atoms with Crippen LogP contribution in [-0.2, 0) is 19.4 Å². The van der Waals surface area contributed by atoms with Crippen LogP contribution >= 0.6 is 0 Å². The third kappa shape index (κ3) is 3.95. The molecule has 0 radical (unpaired) electrons. The highest BCUT2D eigenvalue weighted by Crippen LogP contribution is 2.16. The molecule has 1 rings (SSSR count). The van der Waals surface area contributed by atoms with E-state index in [4.69, 9.17) is 5.11 Å². The van der Waals surface area contributed by atoms with E-state index in [1.54, 1.807) is 7.05 Å². The fourth-order valence-corrected chi connectivity index (χ4v) is 3.51. The van der Waals surface area contributed by atoms with Crippen LogP contribution < -0.4 is 5.32 Å². The molecule has 0 aromatic rings. The number of carbonyl (C=O) groups is 2. The molecule has 1 unspecified atom stereocenters. The fourth-order valence-electron chi connectivity index (χ4n) is 1.74. The molecule has 0 saturated carbocycles. The Hall–Kier alpha value is -1.15. The number of sulfone groups is 1. The molecule has 0 spiro atoms. The van der Waals surface area contributed by atoms with Crippen molar-refractivity contribution < 1.29 is 23.1 Å². The predicted octanol–water partition coefficient (Wildman–Crippen LogP) is -1.31. The van der Waals surface area contributed by atoms with Crippen molar-refractivity contribution in [2.45, 2.75) is 25.4 Å². The van der Waals surface area contributed by atoms with Crippen LogP contribution in [0.5, 0.6) is 0 Å². The largest absolute Gasteiger partial charge is 0.480 e. The topological polar surface area (TPSA) is 104 Å². The van der Waals surface area contributed by atoms with E-state index in [-0.39, 0.29) is 30.0 Å². The fraction of sp³-hybridized carbons (Fsp3) is 0.800. The lowest BCUT2D eigenvalue weighted by molar-refractivity contribution is -0.139. The minimum atomic E-state index is -3.03. The van der Waals surface area contributed by atoms with Crippen molar-refractivity contribution in [1.29, 1.82) is 0 Å². The number of carboxylic acid groups (broad SMARTS) is 1. The lowest BCUT2D eigenvalue weighted by Crippen LogP contribution is -2.45. The summed E-state index contributed by atoms with van der Waals surface area (Å²) in [6.07, 6.45) is 0.444. The number of nitrogens with zero attached hydrogens (tertiary/aromatic N) is 1. The summed E-state index contributed by atoms with van der Waals surface area (Å²) in [7, 11) is -1.48. The molecule has 2 atom stereocenters. The van der Waals surface area contributed by atoms with Crippen LogP contribution in [0.1, 0.15) is 13.3 Å². The van der Waals surface area contributed by atoms with Crippen LogP contribution in [0, 0.1) is 0 Å². The van der Waals surface area contributed by atoms with Gasteiger partial charge in [0.1, 0.15) is 6.04 Å². The molecular weight excluding hydrogens is 260 g/mol. The Kier molecular flexibility index (Phi) is 4.69. The molecule has 0 aromatic carbocycles. The molecule has 1 saturated heterocycles. The normalized spacial score (nSPS) is 23.6. The number of hydrogen-bond donors (Lipinski definition) is 2. The molecule has 1 fully saturated rings. The van der Waals surface area contributed by atoms with Crippen molar-refractivity contribution >= 4 is 21.7 Å². The number of carboxylic acids is 1. The zero-order valence-corrected chi connectivity index (χ0v) is 11.2. The first-order valence-corrected chi connectivity index (χ1v) is 7.47. The maximum absolute atomic E-state index is 11.7. The lowest BCUT2D eigenvalue weighted by Gasteiger charge is -2.24. The second kappa shape index (κ2) is 5.66. The second-order valence-electron chi connectivity index (χ2n) is 4.50. The standard InChI is InChI=1S/C10H18N2O5S/c1-7(10(14)15)11-5-9(13)12(2)8-3-4-18(16,17)6-8/h7-8,11H,3-6H2,1-2H3,(H,14,15)/t7-,8?/m1/s1. The van der Waals surface area contributed by atoms with Crippen molar-refractivity contribution in [2.24, 2.45) is 0 Å². The molecule has 1 amide bonds. The first kappa shape index (κ1) is 14.9. The Balaban J connectivity index is 2.45. The minimum Gasteiger partial charge on any atom is -0.480 e. The molecule has 0 aromatic heterocycles. The average Bonchev–Trinajstić information content (AvgIpc) is 2.64. The van der Waals surface area contributed by atoms with Gasteiger partial charge in [0, 0.05) is 13.1 Å². The summed E-state index contributed by atoms with van der Waals surface area (Å²) >= 11 is 0. The van der Waals surface area contributed by atoms with Gasteiger partial charge in [-0.25, -0.2) is 8.42 Å². The number of rotatable bonds is 5. The van der Waals surface area contributed by atoms with E-state index < -0.39 is 21.8 Å². The van der Waals surface area contributed by atoms with Crippen LogP contribution in [0.4, 0.5) is 0 Å². The Labute approximate surface area is 106 Å². The molecule has 1 aliphatic rings. The Morgan fingerprint density at radius 2 is 2.11 bits per heavy atom. The quantitative estimate of drug-likeness (QED) is 0.647. The summed E-state index contributed by atoms with van der Waals surface area (Å²) in [6.45, 7) is 1.33. The zero-order valence-electron chi connectivity index (χ0n) is 10.4. The first-order chi connectivity index (χ1) is 8.23. The molecule has 104 valence electrons. The Bertz CT molecular complexity index is 434. The Morgan fingerprint density at radius 1 is 1.50 bits per heavy atom. The Morgan fingerprint density at radius 3 is 2.56 bits per heavy atom. The van der Waals surface area contributed by atoms with Crippen LogP contribution in [0.25, 0.3) is 0 Å². The third-order valence-corrected chi connectivity index (χ3v) is 4.83. The summed E-state index contributed by atoms with van der Waals surface area (Å²) in [6, 6.07) is -1.11. The second-order valence-corrected chi connectivity index (χ2v) is 6.73. The van der Waals surface area contributed by atoms with E-state index in [0.717, 1.165) is 0 Å². The molecule has 0 bridgehead atoms. The molecule has 1 heterocycles. The SMILES string of the molecule is C[C@@H](NCC(=O)N(C)C1CCS(=O)(=O)C1)C(=O)O. The highest BCUT2D eigenvalue weighted by atomic mass is 32.2. The van der Waals surface area contributed by atoms with Crippen molar-refractivity contribution in [3.63, 3.8) is 0 Å². The number of aliphatic carboxylic acids is 1. The summed E-state index contributed by atoms with van der Waals surface area (Å²) in [4.78, 5) is 23.7. The molecule has 2 N–H and O–H groups in total. The van der Waals surface area contributed by atoms with Gasteiger partial charge in [0.25, 0.3) is 0 Å². The zero-order chi connectivity index (χ0) is 13.9. The maximum atomic E-state index is 11.7. The number of likely N-dealkylation sites (N-methyl/N-ethyl adjacent to an activating group) is 1. The number of nitrogens with one attached hydrogen (secondary N) is 1. The average molecular weight is 278 g/mol.